The zero-order valence-electron chi connectivity index (χ0n) is 15.7. The molecule has 1 saturated heterocycles. The van der Waals surface area contributed by atoms with Gasteiger partial charge in [-0.05, 0) is 50.0 Å². The number of sulfonamides is 1. The minimum atomic E-state index is -3.49. The molecule has 144 valence electrons. The maximum atomic E-state index is 12.9. The van der Waals surface area contributed by atoms with E-state index in [2.05, 4.69) is 10.5 Å². The summed E-state index contributed by atoms with van der Waals surface area (Å²) in [5.74, 6) is 0.192. The minimum absolute atomic E-state index is 0.217. The Balaban J connectivity index is 1.91. The van der Waals surface area contributed by atoms with Gasteiger partial charge in [-0.2, -0.15) is 4.31 Å². The largest absolute Gasteiger partial charge is 0.354 e. The van der Waals surface area contributed by atoms with Crippen LogP contribution in [0.15, 0.2) is 27.6 Å². The van der Waals surface area contributed by atoms with E-state index >= 15 is 0 Å². The number of carbonyl (C=O) groups excluding carboxylic acids is 1. The van der Waals surface area contributed by atoms with Crippen molar-refractivity contribution < 1.29 is 17.7 Å². The average Bonchev–Trinajstić information content (AvgIpc) is 3.26. The van der Waals surface area contributed by atoms with Gasteiger partial charge in [0.05, 0.1) is 4.90 Å². The van der Waals surface area contributed by atoms with E-state index in [0.29, 0.717) is 40.7 Å². The number of benzene rings is 1. The van der Waals surface area contributed by atoms with Crippen molar-refractivity contribution in [3.63, 3.8) is 0 Å². The van der Waals surface area contributed by atoms with E-state index in [1.165, 1.54) is 11.2 Å². The van der Waals surface area contributed by atoms with Gasteiger partial charge in [0.25, 0.3) is 0 Å². The molecule has 0 aliphatic carbocycles. The van der Waals surface area contributed by atoms with Gasteiger partial charge in [0.1, 0.15) is 11.4 Å². The van der Waals surface area contributed by atoms with Crippen LogP contribution in [0.4, 0.5) is 5.69 Å². The van der Waals surface area contributed by atoms with Crippen LogP contribution in [0.25, 0.3) is 12.2 Å². The van der Waals surface area contributed by atoms with Gasteiger partial charge in [-0.1, -0.05) is 23.4 Å². The number of nitrogens with one attached hydrogen (secondary N) is 1. The number of hydrogen-bond acceptors (Lipinski definition) is 5. The van der Waals surface area contributed by atoms with Crippen LogP contribution in [0.1, 0.15) is 42.3 Å². The Morgan fingerprint density at radius 1 is 1.22 bits per heavy atom. The summed E-state index contributed by atoms with van der Waals surface area (Å²) in [5.41, 5.74) is 2.52. The summed E-state index contributed by atoms with van der Waals surface area (Å²) in [6.45, 7) is 6.08. The van der Waals surface area contributed by atoms with Crippen LogP contribution >= 0.6 is 0 Å². The van der Waals surface area contributed by atoms with Gasteiger partial charge in [0.2, 0.25) is 15.9 Å². The summed E-state index contributed by atoms with van der Waals surface area (Å²) in [6, 6.07) is 5.31. The van der Waals surface area contributed by atoms with Gasteiger partial charge in [0, 0.05) is 20.0 Å². The summed E-state index contributed by atoms with van der Waals surface area (Å²) in [5, 5.41) is 6.55. The summed E-state index contributed by atoms with van der Waals surface area (Å²) < 4.78 is 32.6. The first-order valence-corrected chi connectivity index (χ1v) is 10.3. The van der Waals surface area contributed by atoms with Crippen molar-refractivity contribution in [3.05, 3.63) is 40.8 Å². The van der Waals surface area contributed by atoms with Crippen LogP contribution in [0.2, 0.25) is 0 Å². The average molecular weight is 389 g/mol. The van der Waals surface area contributed by atoms with Gasteiger partial charge in [-0.15, -0.1) is 0 Å². The van der Waals surface area contributed by atoms with E-state index in [1.807, 2.05) is 6.07 Å². The Morgan fingerprint density at radius 2 is 1.93 bits per heavy atom. The minimum Gasteiger partial charge on any atom is -0.354 e. The molecule has 2 aromatic rings. The van der Waals surface area contributed by atoms with Crippen molar-refractivity contribution in [2.75, 3.05) is 18.4 Å². The molecular formula is C19H23N3O4S. The van der Waals surface area contributed by atoms with Crippen LogP contribution in [0, 0.1) is 13.8 Å². The standard InChI is InChI=1S/C19H23N3O4S/c1-13-6-7-16(12-18(13)27(24,25)22-10-4-5-11-22)8-9-17-19(20-15(3)23)14(2)21-26-17/h6-9,12H,4-5,10-11H2,1-3H3,(H,20,23)/b9-8-. The quantitative estimate of drug-likeness (QED) is 0.848. The highest BCUT2D eigenvalue weighted by Crippen LogP contribution is 2.26. The molecule has 7 nitrogen and oxygen atoms in total. The molecule has 1 aliphatic heterocycles. The van der Waals surface area contributed by atoms with Crippen molar-refractivity contribution >= 4 is 33.8 Å². The molecule has 1 fully saturated rings. The number of rotatable bonds is 5. The highest BCUT2D eigenvalue weighted by molar-refractivity contribution is 7.89. The summed E-state index contributed by atoms with van der Waals surface area (Å²) in [7, 11) is -3.49. The molecule has 1 amide bonds. The molecule has 0 saturated carbocycles. The van der Waals surface area contributed by atoms with E-state index in [4.69, 9.17) is 4.52 Å². The van der Waals surface area contributed by atoms with Crippen LogP contribution in [-0.2, 0) is 14.8 Å². The lowest BCUT2D eigenvalue weighted by Crippen LogP contribution is -2.28. The highest BCUT2D eigenvalue weighted by atomic mass is 32.2. The second-order valence-corrected chi connectivity index (χ2v) is 8.56. The zero-order chi connectivity index (χ0) is 19.6. The zero-order valence-corrected chi connectivity index (χ0v) is 16.5. The third kappa shape index (κ3) is 4.12. The normalized spacial score (nSPS) is 15.5. The van der Waals surface area contributed by atoms with Crippen molar-refractivity contribution in [3.8, 4) is 0 Å². The van der Waals surface area contributed by atoms with Crippen molar-refractivity contribution in [1.29, 1.82) is 0 Å². The number of carbonyl (C=O) groups is 1. The topological polar surface area (TPSA) is 92.5 Å². The Bertz CT molecular complexity index is 986. The smallest absolute Gasteiger partial charge is 0.243 e. The fraction of sp³-hybridized carbons (Fsp3) is 0.368. The molecule has 3 rings (SSSR count). The number of amides is 1. The maximum absolute atomic E-state index is 12.9. The van der Waals surface area contributed by atoms with Gasteiger partial charge in [-0.25, -0.2) is 8.42 Å². The maximum Gasteiger partial charge on any atom is 0.243 e. The number of aromatic nitrogens is 1. The van der Waals surface area contributed by atoms with Crippen LogP contribution in [0.3, 0.4) is 0 Å². The van der Waals surface area contributed by atoms with Crippen LogP contribution in [0.5, 0.6) is 0 Å². The molecule has 0 atom stereocenters. The molecule has 0 bridgehead atoms. The van der Waals surface area contributed by atoms with Crippen molar-refractivity contribution in [1.82, 2.24) is 9.46 Å². The van der Waals surface area contributed by atoms with Crippen molar-refractivity contribution in [2.45, 2.75) is 38.5 Å². The SMILES string of the molecule is CC(=O)Nc1c(C)noc1/C=C\c1ccc(C)c(S(=O)(=O)N2CCCC2)c1. The fourth-order valence-corrected chi connectivity index (χ4v) is 4.84. The molecule has 0 spiro atoms. The van der Waals surface area contributed by atoms with Crippen LogP contribution < -0.4 is 5.32 Å². The number of anilines is 1. The molecule has 1 N–H and O–H groups in total. The number of nitrogens with zero attached hydrogens (tertiary/aromatic N) is 2. The Hall–Kier alpha value is -2.45. The highest BCUT2D eigenvalue weighted by Gasteiger charge is 2.28. The van der Waals surface area contributed by atoms with E-state index < -0.39 is 10.0 Å². The van der Waals surface area contributed by atoms with E-state index in [0.717, 1.165) is 18.4 Å². The third-order valence-corrected chi connectivity index (χ3v) is 6.55. The molecule has 1 aromatic carbocycles. The van der Waals surface area contributed by atoms with E-state index in [-0.39, 0.29) is 5.91 Å². The second-order valence-electron chi connectivity index (χ2n) is 6.66. The number of hydrogen-bond donors (Lipinski definition) is 1. The summed E-state index contributed by atoms with van der Waals surface area (Å²) in [6.07, 6.45) is 5.21. The first kappa shape index (κ1) is 19.3. The first-order valence-electron chi connectivity index (χ1n) is 8.82. The van der Waals surface area contributed by atoms with E-state index in [1.54, 1.807) is 38.1 Å². The lowest BCUT2D eigenvalue weighted by molar-refractivity contribution is -0.114. The molecule has 2 heterocycles. The molecule has 1 aromatic heterocycles. The van der Waals surface area contributed by atoms with Gasteiger partial charge in [0.15, 0.2) is 5.76 Å². The van der Waals surface area contributed by atoms with E-state index in [9.17, 15) is 13.2 Å². The predicted molar refractivity (Wildman–Crippen MR) is 104 cm³/mol. The van der Waals surface area contributed by atoms with Gasteiger partial charge in [-0.3, -0.25) is 4.79 Å². The Morgan fingerprint density at radius 3 is 2.59 bits per heavy atom. The summed E-state index contributed by atoms with van der Waals surface area (Å²) in [4.78, 5) is 11.7. The molecule has 1 aliphatic rings. The lowest BCUT2D eigenvalue weighted by atomic mass is 10.1. The molecule has 0 unspecified atom stereocenters. The number of aryl methyl sites for hydroxylation is 2. The second kappa shape index (κ2) is 7.66. The Kier molecular flexibility index (Phi) is 5.48. The lowest BCUT2D eigenvalue weighted by Gasteiger charge is -2.17. The van der Waals surface area contributed by atoms with Crippen LogP contribution in [-0.4, -0.2) is 36.9 Å². The molecular weight excluding hydrogens is 366 g/mol. The molecule has 27 heavy (non-hydrogen) atoms. The fourth-order valence-electron chi connectivity index (χ4n) is 3.07. The third-order valence-electron chi connectivity index (χ3n) is 4.51. The molecule has 8 heteroatoms. The Labute approximate surface area is 159 Å². The first-order chi connectivity index (χ1) is 12.8. The van der Waals surface area contributed by atoms with Gasteiger partial charge < -0.3 is 9.84 Å². The van der Waals surface area contributed by atoms with Crippen molar-refractivity contribution in [2.24, 2.45) is 0 Å². The monoisotopic (exact) mass is 389 g/mol. The van der Waals surface area contributed by atoms with Gasteiger partial charge >= 0.3 is 0 Å². The summed E-state index contributed by atoms with van der Waals surface area (Å²) >= 11 is 0. The molecule has 0 radical (unpaired) electrons. The predicted octanol–water partition coefficient (Wildman–Crippen LogP) is 3.20.